The number of hydrogen-bond acceptors (Lipinski definition) is 10. The molecule has 0 spiro atoms. The van der Waals surface area contributed by atoms with E-state index < -0.39 is 0 Å². The summed E-state index contributed by atoms with van der Waals surface area (Å²) < 4.78 is 11.2. The largest absolute Gasteiger partial charge is 0.380 e. The average Bonchev–Trinajstić information content (AvgIpc) is 3.56. The third-order valence-electron chi connectivity index (χ3n) is 9.47. The van der Waals surface area contributed by atoms with E-state index in [2.05, 4.69) is 32.2 Å². The van der Waals surface area contributed by atoms with Crippen molar-refractivity contribution < 1.29 is 14.3 Å². The molecule has 0 radical (unpaired) electrons. The molecular formula is C30H36N8O3. The fourth-order valence-electron chi connectivity index (χ4n) is 7.08. The summed E-state index contributed by atoms with van der Waals surface area (Å²) >= 11 is 0. The predicted molar refractivity (Wildman–Crippen MR) is 153 cm³/mol. The quantitative estimate of drug-likeness (QED) is 0.504. The number of likely N-dealkylation sites (N-methyl/N-ethyl adjacent to an activating group) is 1. The Kier molecular flexibility index (Phi) is 6.26. The highest BCUT2D eigenvalue weighted by Gasteiger charge is 2.41. The van der Waals surface area contributed by atoms with Crippen molar-refractivity contribution in [2.45, 2.75) is 62.8 Å². The molecule has 3 aromatic heterocycles. The molecule has 0 saturated carbocycles. The van der Waals surface area contributed by atoms with Crippen molar-refractivity contribution in [1.82, 2.24) is 29.7 Å². The second-order valence-corrected chi connectivity index (χ2v) is 12.2. The van der Waals surface area contributed by atoms with Crippen LogP contribution in [0.1, 0.15) is 48.6 Å². The molecule has 214 valence electrons. The topological polar surface area (TPSA) is 109 Å². The van der Waals surface area contributed by atoms with Crippen LogP contribution in [0, 0.1) is 0 Å². The first-order chi connectivity index (χ1) is 20.1. The molecular weight excluding hydrogens is 520 g/mol. The fraction of sp³-hybridized carbons (Fsp3) is 0.567. The summed E-state index contributed by atoms with van der Waals surface area (Å²) in [6.07, 6.45) is 7.14. The SMILES string of the molecule is CN1CCOC(C(=O)N2CCc3nc(Nc4ncc5cc(C6COC6)nc(N6C7CCC6CC7)c5n4)ccc3C2)C1. The molecule has 4 fully saturated rings. The minimum atomic E-state index is -0.387. The van der Waals surface area contributed by atoms with E-state index in [4.69, 9.17) is 24.4 Å². The number of carbonyl (C=O) groups excluding carboxylic acids is 1. The molecule has 2 bridgehead atoms. The number of ether oxygens (including phenoxy) is 2. The lowest BCUT2D eigenvalue weighted by Crippen LogP contribution is -2.50. The van der Waals surface area contributed by atoms with Crippen molar-refractivity contribution in [3.63, 3.8) is 0 Å². The summed E-state index contributed by atoms with van der Waals surface area (Å²) in [6, 6.07) is 7.24. The van der Waals surface area contributed by atoms with Gasteiger partial charge in [0.25, 0.3) is 5.91 Å². The number of nitrogens with one attached hydrogen (secondary N) is 1. The molecule has 11 nitrogen and oxygen atoms in total. The van der Waals surface area contributed by atoms with Gasteiger partial charge in [0.2, 0.25) is 5.95 Å². The lowest BCUT2D eigenvalue weighted by Gasteiger charge is -2.35. The Bertz CT molecular complexity index is 1480. The molecule has 1 N–H and O–H groups in total. The van der Waals surface area contributed by atoms with Gasteiger partial charge in [-0.25, -0.2) is 19.9 Å². The van der Waals surface area contributed by atoms with Crippen LogP contribution in [0.3, 0.4) is 0 Å². The molecule has 5 aliphatic rings. The third-order valence-corrected chi connectivity index (χ3v) is 9.47. The molecule has 8 heterocycles. The van der Waals surface area contributed by atoms with Crippen LogP contribution in [-0.4, -0.2) is 100 Å². The van der Waals surface area contributed by atoms with Gasteiger partial charge < -0.3 is 29.5 Å². The van der Waals surface area contributed by atoms with Crippen LogP contribution in [0.5, 0.6) is 0 Å². The van der Waals surface area contributed by atoms with Crippen LogP contribution in [-0.2, 0) is 27.2 Å². The second kappa shape index (κ2) is 10.1. The zero-order chi connectivity index (χ0) is 27.5. The maximum atomic E-state index is 13.1. The molecule has 5 aliphatic heterocycles. The van der Waals surface area contributed by atoms with Gasteiger partial charge in [-0.05, 0) is 50.4 Å². The zero-order valence-corrected chi connectivity index (χ0v) is 23.5. The van der Waals surface area contributed by atoms with Gasteiger partial charge in [0.05, 0.1) is 25.5 Å². The molecule has 0 aliphatic carbocycles. The van der Waals surface area contributed by atoms with Crippen LogP contribution in [0.15, 0.2) is 24.4 Å². The molecule has 8 rings (SSSR count). The van der Waals surface area contributed by atoms with E-state index in [1.807, 2.05) is 24.2 Å². The van der Waals surface area contributed by atoms with Crippen LogP contribution >= 0.6 is 0 Å². The Labute approximate surface area is 239 Å². The van der Waals surface area contributed by atoms with Gasteiger partial charge in [0.1, 0.15) is 17.4 Å². The van der Waals surface area contributed by atoms with Gasteiger partial charge in [-0.15, -0.1) is 0 Å². The number of carbonyl (C=O) groups is 1. The van der Waals surface area contributed by atoms with E-state index in [0.29, 0.717) is 62.4 Å². The fourth-order valence-corrected chi connectivity index (χ4v) is 7.08. The van der Waals surface area contributed by atoms with E-state index in [1.165, 1.54) is 25.7 Å². The molecule has 1 unspecified atom stereocenters. The number of fused-ring (bicyclic) bond motifs is 4. The summed E-state index contributed by atoms with van der Waals surface area (Å²) in [7, 11) is 2.03. The Hall–Kier alpha value is -3.41. The molecule has 3 aromatic rings. The first-order valence-corrected chi connectivity index (χ1v) is 15.0. The van der Waals surface area contributed by atoms with Crippen LogP contribution < -0.4 is 10.2 Å². The molecule has 1 amide bonds. The van der Waals surface area contributed by atoms with E-state index in [0.717, 1.165) is 53.4 Å². The Morgan fingerprint density at radius 1 is 1.05 bits per heavy atom. The van der Waals surface area contributed by atoms with E-state index in [9.17, 15) is 4.79 Å². The first-order valence-electron chi connectivity index (χ1n) is 15.0. The highest BCUT2D eigenvalue weighted by atomic mass is 16.5. The van der Waals surface area contributed by atoms with Crippen molar-refractivity contribution in [1.29, 1.82) is 0 Å². The van der Waals surface area contributed by atoms with Crippen LogP contribution in [0.25, 0.3) is 10.9 Å². The number of nitrogens with zero attached hydrogens (tertiary/aromatic N) is 7. The average molecular weight is 557 g/mol. The Morgan fingerprint density at radius 3 is 2.63 bits per heavy atom. The van der Waals surface area contributed by atoms with Gasteiger partial charge >= 0.3 is 0 Å². The summed E-state index contributed by atoms with van der Waals surface area (Å²) in [4.78, 5) is 39.4. The molecule has 1 atom stereocenters. The Morgan fingerprint density at radius 2 is 1.88 bits per heavy atom. The van der Waals surface area contributed by atoms with Gasteiger partial charge in [-0.1, -0.05) is 6.07 Å². The van der Waals surface area contributed by atoms with Crippen molar-refractivity contribution in [2.75, 3.05) is 56.7 Å². The van der Waals surface area contributed by atoms with Gasteiger partial charge in [0.15, 0.2) is 5.82 Å². The summed E-state index contributed by atoms with van der Waals surface area (Å²) in [6.45, 7) is 4.75. The smallest absolute Gasteiger partial charge is 0.253 e. The van der Waals surface area contributed by atoms with Crippen LogP contribution in [0.4, 0.5) is 17.6 Å². The molecule has 11 heteroatoms. The van der Waals surface area contributed by atoms with Gasteiger partial charge in [-0.3, -0.25) is 4.79 Å². The number of pyridine rings is 2. The number of aromatic nitrogens is 4. The lowest BCUT2D eigenvalue weighted by molar-refractivity contribution is -0.149. The van der Waals surface area contributed by atoms with E-state index >= 15 is 0 Å². The molecule has 0 aromatic carbocycles. The Balaban J connectivity index is 1.04. The molecule has 41 heavy (non-hydrogen) atoms. The van der Waals surface area contributed by atoms with Crippen molar-refractivity contribution in [3.05, 3.63) is 41.3 Å². The second-order valence-electron chi connectivity index (χ2n) is 12.2. The van der Waals surface area contributed by atoms with E-state index in [1.54, 1.807) is 0 Å². The van der Waals surface area contributed by atoms with Crippen molar-refractivity contribution in [3.8, 4) is 0 Å². The monoisotopic (exact) mass is 556 g/mol. The minimum absolute atomic E-state index is 0.0674. The number of morpholine rings is 1. The number of rotatable bonds is 5. The normalized spacial score (nSPS) is 26.3. The lowest BCUT2D eigenvalue weighted by atomic mass is 10.0. The summed E-state index contributed by atoms with van der Waals surface area (Å²) in [5.74, 6) is 2.64. The van der Waals surface area contributed by atoms with Crippen molar-refractivity contribution in [2.24, 2.45) is 0 Å². The number of amides is 1. The van der Waals surface area contributed by atoms with E-state index in [-0.39, 0.29) is 12.0 Å². The summed E-state index contributed by atoms with van der Waals surface area (Å²) in [5, 5.41) is 4.37. The number of anilines is 3. The third kappa shape index (κ3) is 4.60. The maximum absolute atomic E-state index is 13.1. The standard InChI is InChI=1S/C30H36N8O3/c1-36-10-11-41-25(15-36)29(39)37-9-8-23-18(14-37)2-7-26(32-23)34-30-31-13-19-12-24(20-16-40-17-20)33-28(27(19)35-30)38-21-3-4-22(38)6-5-21/h2,7,12-13,20-22,25H,3-6,8-11,14-17H2,1H3,(H,31,32,34,35). The summed E-state index contributed by atoms with van der Waals surface area (Å²) in [5.41, 5.74) is 4.06. The predicted octanol–water partition coefficient (Wildman–Crippen LogP) is 2.62. The zero-order valence-electron chi connectivity index (χ0n) is 23.5. The first kappa shape index (κ1) is 25.3. The number of hydrogen-bond donors (Lipinski definition) is 1. The molecule has 4 saturated heterocycles. The van der Waals surface area contributed by atoms with Gasteiger partial charge in [-0.2, -0.15) is 0 Å². The van der Waals surface area contributed by atoms with Gasteiger partial charge in [0, 0.05) is 67.9 Å². The highest BCUT2D eigenvalue weighted by molar-refractivity contribution is 5.90. The maximum Gasteiger partial charge on any atom is 0.253 e. The highest BCUT2D eigenvalue weighted by Crippen LogP contribution is 2.43. The van der Waals surface area contributed by atoms with Crippen LogP contribution in [0.2, 0.25) is 0 Å². The minimum Gasteiger partial charge on any atom is -0.380 e. The van der Waals surface area contributed by atoms with Crippen molar-refractivity contribution >= 4 is 34.4 Å².